The zero-order valence-corrected chi connectivity index (χ0v) is 9.42. The standard InChI is InChI=1S/C12H22N2/c1-4-7-13-8-10-14-9-5-6-11(2)12(14)3/h1,11-13H,5-10H2,2-3H3. The van der Waals surface area contributed by atoms with Crippen LogP contribution in [0.15, 0.2) is 0 Å². The Balaban J connectivity index is 2.19. The summed E-state index contributed by atoms with van der Waals surface area (Å²) in [5.41, 5.74) is 0. The van der Waals surface area contributed by atoms with Gasteiger partial charge in [-0.1, -0.05) is 12.8 Å². The number of hydrogen-bond acceptors (Lipinski definition) is 2. The summed E-state index contributed by atoms with van der Waals surface area (Å²) in [7, 11) is 0. The van der Waals surface area contributed by atoms with Gasteiger partial charge in [0.15, 0.2) is 0 Å². The lowest BCUT2D eigenvalue weighted by atomic mass is 9.92. The van der Waals surface area contributed by atoms with Gasteiger partial charge >= 0.3 is 0 Å². The predicted molar refractivity (Wildman–Crippen MR) is 61.1 cm³/mol. The smallest absolute Gasteiger partial charge is 0.0574 e. The molecule has 0 radical (unpaired) electrons. The van der Waals surface area contributed by atoms with Crippen molar-refractivity contribution >= 4 is 0 Å². The van der Waals surface area contributed by atoms with Crippen molar-refractivity contribution in [1.82, 2.24) is 10.2 Å². The van der Waals surface area contributed by atoms with Crippen molar-refractivity contribution in [2.75, 3.05) is 26.2 Å². The van der Waals surface area contributed by atoms with E-state index >= 15 is 0 Å². The number of nitrogens with one attached hydrogen (secondary N) is 1. The lowest BCUT2D eigenvalue weighted by Crippen LogP contribution is -2.45. The number of likely N-dealkylation sites (tertiary alicyclic amines) is 1. The average Bonchev–Trinajstić information content (AvgIpc) is 2.19. The van der Waals surface area contributed by atoms with Crippen LogP contribution < -0.4 is 5.32 Å². The van der Waals surface area contributed by atoms with Gasteiger partial charge in [-0.3, -0.25) is 4.90 Å². The zero-order chi connectivity index (χ0) is 10.4. The normalized spacial score (nSPS) is 28.6. The summed E-state index contributed by atoms with van der Waals surface area (Å²) in [6.07, 6.45) is 7.90. The maximum absolute atomic E-state index is 5.17. The van der Waals surface area contributed by atoms with Crippen molar-refractivity contribution in [2.24, 2.45) is 5.92 Å². The van der Waals surface area contributed by atoms with E-state index in [0.29, 0.717) is 6.54 Å². The molecule has 1 fully saturated rings. The molecule has 0 aromatic rings. The van der Waals surface area contributed by atoms with Crippen LogP contribution in [0.1, 0.15) is 26.7 Å². The zero-order valence-electron chi connectivity index (χ0n) is 9.42. The molecule has 0 spiro atoms. The largest absolute Gasteiger partial charge is 0.305 e. The maximum atomic E-state index is 5.17. The average molecular weight is 194 g/mol. The van der Waals surface area contributed by atoms with E-state index in [1.54, 1.807) is 0 Å². The van der Waals surface area contributed by atoms with Gasteiger partial charge in [-0.15, -0.1) is 6.42 Å². The molecule has 1 heterocycles. The lowest BCUT2D eigenvalue weighted by molar-refractivity contribution is 0.115. The SMILES string of the molecule is C#CCNCCN1CCCC(C)C1C. The highest BCUT2D eigenvalue weighted by atomic mass is 15.2. The van der Waals surface area contributed by atoms with Gasteiger partial charge in [0, 0.05) is 19.1 Å². The fraction of sp³-hybridized carbons (Fsp3) is 0.833. The van der Waals surface area contributed by atoms with Crippen LogP contribution in [0.5, 0.6) is 0 Å². The molecule has 0 aromatic heterocycles. The van der Waals surface area contributed by atoms with Crippen LogP contribution in [0.4, 0.5) is 0 Å². The van der Waals surface area contributed by atoms with E-state index in [2.05, 4.69) is 30.0 Å². The molecule has 2 atom stereocenters. The second kappa shape index (κ2) is 6.06. The van der Waals surface area contributed by atoms with E-state index in [0.717, 1.165) is 25.0 Å². The molecule has 0 bridgehead atoms. The van der Waals surface area contributed by atoms with Crippen LogP contribution in [-0.4, -0.2) is 37.1 Å². The van der Waals surface area contributed by atoms with Crippen molar-refractivity contribution < 1.29 is 0 Å². The summed E-state index contributed by atoms with van der Waals surface area (Å²) in [4.78, 5) is 2.57. The molecular formula is C12H22N2. The summed E-state index contributed by atoms with van der Waals surface area (Å²) in [5, 5.41) is 3.24. The molecule has 1 N–H and O–H groups in total. The van der Waals surface area contributed by atoms with Crippen molar-refractivity contribution in [1.29, 1.82) is 0 Å². The molecule has 80 valence electrons. The molecule has 0 aromatic carbocycles. The third-order valence-electron chi connectivity index (χ3n) is 3.31. The monoisotopic (exact) mass is 194 g/mol. The van der Waals surface area contributed by atoms with Crippen LogP contribution in [0, 0.1) is 18.3 Å². The summed E-state index contributed by atoms with van der Waals surface area (Å²) in [6, 6.07) is 0.733. The van der Waals surface area contributed by atoms with Crippen LogP contribution in [0.3, 0.4) is 0 Å². The lowest BCUT2D eigenvalue weighted by Gasteiger charge is -2.37. The van der Waals surface area contributed by atoms with Crippen LogP contribution in [-0.2, 0) is 0 Å². The first-order chi connectivity index (χ1) is 6.75. The molecule has 1 aliphatic rings. The molecule has 0 amide bonds. The minimum Gasteiger partial charge on any atom is -0.305 e. The first-order valence-corrected chi connectivity index (χ1v) is 5.64. The molecule has 1 aliphatic heterocycles. The van der Waals surface area contributed by atoms with Gasteiger partial charge in [0.05, 0.1) is 6.54 Å². The Hall–Kier alpha value is -0.520. The van der Waals surface area contributed by atoms with E-state index in [1.165, 1.54) is 19.4 Å². The summed E-state index contributed by atoms with van der Waals surface area (Å²) < 4.78 is 0. The third-order valence-corrected chi connectivity index (χ3v) is 3.31. The summed E-state index contributed by atoms with van der Waals surface area (Å²) in [6.45, 7) is 8.78. The fourth-order valence-electron chi connectivity index (χ4n) is 2.12. The van der Waals surface area contributed by atoms with Gasteiger partial charge < -0.3 is 5.32 Å². The Bertz CT molecular complexity index is 195. The van der Waals surface area contributed by atoms with Gasteiger partial charge in [0.1, 0.15) is 0 Å². The highest BCUT2D eigenvalue weighted by Crippen LogP contribution is 2.21. The summed E-state index contributed by atoms with van der Waals surface area (Å²) >= 11 is 0. The topological polar surface area (TPSA) is 15.3 Å². The number of nitrogens with zero attached hydrogens (tertiary/aromatic N) is 1. The van der Waals surface area contributed by atoms with E-state index in [4.69, 9.17) is 6.42 Å². The second-order valence-electron chi connectivity index (χ2n) is 4.28. The highest BCUT2D eigenvalue weighted by Gasteiger charge is 2.23. The van der Waals surface area contributed by atoms with Crippen LogP contribution in [0.25, 0.3) is 0 Å². The number of rotatable bonds is 4. The first-order valence-electron chi connectivity index (χ1n) is 5.64. The molecular weight excluding hydrogens is 172 g/mol. The molecule has 1 rings (SSSR count). The summed E-state index contributed by atoms with van der Waals surface area (Å²) in [5.74, 6) is 3.44. The third kappa shape index (κ3) is 3.32. The Morgan fingerprint density at radius 1 is 1.50 bits per heavy atom. The second-order valence-corrected chi connectivity index (χ2v) is 4.28. The van der Waals surface area contributed by atoms with Crippen molar-refractivity contribution in [3.8, 4) is 12.3 Å². The van der Waals surface area contributed by atoms with Gasteiger partial charge in [-0.2, -0.15) is 0 Å². The molecule has 1 saturated heterocycles. The Morgan fingerprint density at radius 3 is 3.00 bits per heavy atom. The van der Waals surface area contributed by atoms with Gasteiger partial charge in [0.25, 0.3) is 0 Å². The Kier molecular flexibility index (Phi) is 5.00. The molecule has 0 aliphatic carbocycles. The molecule has 0 saturated carbocycles. The van der Waals surface area contributed by atoms with Gasteiger partial charge in [-0.05, 0) is 32.2 Å². The predicted octanol–water partition coefficient (Wildman–Crippen LogP) is 1.33. The van der Waals surface area contributed by atoms with E-state index in [-0.39, 0.29) is 0 Å². The van der Waals surface area contributed by atoms with E-state index in [9.17, 15) is 0 Å². The molecule has 2 nitrogen and oxygen atoms in total. The maximum Gasteiger partial charge on any atom is 0.0574 e. The van der Waals surface area contributed by atoms with Crippen molar-refractivity contribution in [2.45, 2.75) is 32.7 Å². The van der Waals surface area contributed by atoms with E-state index < -0.39 is 0 Å². The molecule has 2 unspecified atom stereocenters. The Labute approximate surface area is 88.1 Å². The first kappa shape index (κ1) is 11.6. The Morgan fingerprint density at radius 2 is 2.29 bits per heavy atom. The minimum atomic E-state index is 0.692. The van der Waals surface area contributed by atoms with Crippen molar-refractivity contribution in [3.05, 3.63) is 0 Å². The van der Waals surface area contributed by atoms with E-state index in [1.807, 2.05) is 0 Å². The minimum absolute atomic E-state index is 0.692. The fourth-order valence-corrected chi connectivity index (χ4v) is 2.12. The quantitative estimate of drug-likeness (QED) is 0.536. The molecule has 14 heavy (non-hydrogen) atoms. The van der Waals surface area contributed by atoms with Crippen LogP contribution >= 0.6 is 0 Å². The number of terminal acetylenes is 1. The molecule has 2 heteroatoms. The van der Waals surface area contributed by atoms with Gasteiger partial charge in [0.2, 0.25) is 0 Å². The van der Waals surface area contributed by atoms with Crippen LogP contribution in [0.2, 0.25) is 0 Å². The van der Waals surface area contributed by atoms with Crippen molar-refractivity contribution in [3.63, 3.8) is 0 Å². The highest BCUT2D eigenvalue weighted by molar-refractivity contribution is 4.87. The number of hydrogen-bond donors (Lipinski definition) is 1. The van der Waals surface area contributed by atoms with Gasteiger partial charge in [-0.25, -0.2) is 0 Å². The number of piperidine rings is 1.